The molecule has 0 bridgehead atoms. The maximum Gasteiger partial charge on any atom is 0.268 e. The zero-order valence-corrected chi connectivity index (χ0v) is 16.7. The molecule has 30 heavy (non-hydrogen) atoms. The topological polar surface area (TPSA) is 98.3 Å². The number of carbonyl (C=O) groups excluding carboxylic acids is 2. The van der Waals surface area contributed by atoms with Crippen molar-refractivity contribution in [1.82, 2.24) is 20.2 Å². The Bertz CT molecular complexity index is 1090. The number of β-amino-alcohol motifs (C(OH)–C–C–N with tert-alkyl or cyclic N) is 1. The molecule has 0 aliphatic carbocycles. The molecule has 1 aliphatic rings. The first-order valence-electron chi connectivity index (χ1n) is 9.55. The van der Waals surface area contributed by atoms with Gasteiger partial charge in [-0.25, -0.2) is 9.37 Å². The van der Waals surface area contributed by atoms with E-state index in [-0.39, 0.29) is 30.4 Å². The molecule has 2 aromatic heterocycles. The molecule has 1 saturated heterocycles. The number of hydrogen-bond acceptors (Lipinski definition) is 4. The number of fused-ring (bicyclic) bond motifs is 1. The summed E-state index contributed by atoms with van der Waals surface area (Å²) in [6.45, 7) is 0.650. The van der Waals surface area contributed by atoms with E-state index < -0.39 is 18.1 Å². The van der Waals surface area contributed by atoms with Gasteiger partial charge in [-0.3, -0.25) is 9.59 Å². The lowest BCUT2D eigenvalue weighted by Crippen LogP contribution is -2.49. The van der Waals surface area contributed by atoms with E-state index in [1.165, 1.54) is 23.2 Å². The van der Waals surface area contributed by atoms with Crippen LogP contribution in [0.4, 0.5) is 4.39 Å². The number of halogens is 2. The van der Waals surface area contributed by atoms with E-state index in [4.69, 9.17) is 11.6 Å². The van der Waals surface area contributed by atoms with Crippen LogP contribution < -0.4 is 5.32 Å². The number of benzene rings is 1. The minimum atomic E-state index is -0.860. The summed E-state index contributed by atoms with van der Waals surface area (Å²) in [5.41, 5.74) is 1.63. The molecule has 3 aromatic rings. The third kappa shape index (κ3) is 4.44. The van der Waals surface area contributed by atoms with Gasteiger partial charge in [0.2, 0.25) is 5.91 Å². The number of rotatable bonds is 5. The summed E-state index contributed by atoms with van der Waals surface area (Å²) in [5.74, 6) is -1.12. The van der Waals surface area contributed by atoms with Crippen molar-refractivity contribution in [1.29, 1.82) is 0 Å². The van der Waals surface area contributed by atoms with Crippen LogP contribution in [0.2, 0.25) is 5.15 Å². The number of aromatic nitrogens is 2. The Hall–Kier alpha value is -2.97. The number of aliphatic hydroxyl groups excluding tert-OH is 1. The van der Waals surface area contributed by atoms with E-state index in [1.807, 2.05) is 0 Å². The second kappa shape index (κ2) is 8.41. The minimum absolute atomic E-state index is 0.199. The average molecular weight is 431 g/mol. The molecule has 0 saturated carbocycles. The predicted molar refractivity (Wildman–Crippen MR) is 110 cm³/mol. The summed E-state index contributed by atoms with van der Waals surface area (Å²) in [6.07, 6.45) is 1.66. The number of carbonyl (C=O) groups is 2. The summed E-state index contributed by atoms with van der Waals surface area (Å²) in [7, 11) is 0. The van der Waals surface area contributed by atoms with Crippen molar-refractivity contribution in [3.63, 3.8) is 0 Å². The van der Waals surface area contributed by atoms with Gasteiger partial charge in [0.1, 0.15) is 22.7 Å². The van der Waals surface area contributed by atoms with Crippen molar-refractivity contribution in [2.45, 2.75) is 25.0 Å². The zero-order valence-electron chi connectivity index (χ0n) is 15.9. The zero-order chi connectivity index (χ0) is 21.3. The number of aromatic amines is 1. The molecular formula is C21H20ClFN4O3. The number of aliphatic hydroxyl groups is 1. The van der Waals surface area contributed by atoms with Crippen molar-refractivity contribution < 1.29 is 19.1 Å². The van der Waals surface area contributed by atoms with Gasteiger partial charge in [0.05, 0.1) is 17.8 Å². The smallest absolute Gasteiger partial charge is 0.268 e. The Morgan fingerprint density at radius 1 is 1.33 bits per heavy atom. The van der Waals surface area contributed by atoms with Gasteiger partial charge in [-0.15, -0.1) is 0 Å². The minimum Gasteiger partial charge on any atom is -0.391 e. The second-order valence-electron chi connectivity index (χ2n) is 7.36. The van der Waals surface area contributed by atoms with E-state index >= 15 is 0 Å². The number of amides is 2. The van der Waals surface area contributed by atoms with Crippen LogP contribution in [0.3, 0.4) is 0 Å². The maximum atomic E-state index is 13.2. The second-order valence-corrected chi connectivity index (χ2v) is 7.75. The van der Waals surface area contributed by atoms with Crippen molar-refractivity contribution in [3.8, 4) is 0 Å². The standard InChI is InChI=1S/C21H20ClFN4O3/c22-19-9-13-8-16(25-18(13)10-24-19)20(29)26-17(7-12-1-3-14(23)4-2-12)21(30)27-6-5-15(28)11-27/h1-4,8-10,15,17,25,28H,5-7,11H2,(H,26,29)/t15-,17+/m1/s1. The van der Waals surface area contributed by atoms with E-state index in [9.17, 15) is 19.1 Å². The predicted octanol–water partition coefficient (Wildman–Crippen LogP) is 2.29. The molecule has 3 N–H and O–H groups in total. The Kier molecular flexibility index (Phi) is 5.69. The van der Waals surface area contributed by atoms with Crippen LogP contribution in [0.5, 0.6) is 0 Å². The fraction of sp³-hybridized carbons (Fsp3) is 0.286. The van der Waals surface area contributed by atoms with Crippen molar-refractivity contribution >= 4 is 34.3 Å². The van der Waals surface area contributed by atoms with Crippen LogP contribution in [0.25, 0.3) is 10.9 Å². The first-order valence-corrected chi connectivity index (χ1v) is 9.93. The van der Waals surface area contributed by atoms with Gasteiger partial charge in [-0.1, -0.05) is 23.7 Å². The van der Waals surface area contributed by atoms with Crippen LogP contribution in [0, 0.1) is 5.82 Å². The number of nitrogens with one attached hydrogen (secondary N) is 2. The van der Waals surface area contributed by atoms with Gasteiger partial charge in [0.15, 0.2) is 0 Å². The number of pyridine rings is 1. The molecule has 2 atom stereocenters. The summed E-state index contributed by atoms with van der Waals surface area (Å²) >= 11 is 5.90. The summed E-state index contributed by atoms with van der Waals surface area (Å²) < 4.78 is 13.2. The van der Waals surface area contributed by atoms with Gasteiger partial charge in [-0.2, -0.15) is 0 Å². The summed E-state index contributed by atoms with van der Waals surface area (Å²) in [4.78, 5) is 34.4. The quantitative estimate of drug-likeness (QED) is 0.541. The van der Waals surface area contributed by atoms with Crippen LogP contribution in [-0.4, -0.2) is 57.0 Å². The molecule has 1 fully saturated rings. The number of nitrogens with zero attached hydrogens (tertiary/aromatic N) is 2. The number of H-pyrrole nitrogens is 1. The third-order valence-electron chi connectivity index (χ3n) is 5.15. The maximum absolute atomic E-state index is 13.2. The Balaban J connectivity index is 1.56. The lowest BCUT2D eigenvalue weighted by Gasteiger charge is -2.24. The van der Waals surface area contributed by atoms with E-state index in [0.29, 0.717) is 29.2 Å². The van der Waals surface area contributed by atoms with Crippen molar-refractivity contribution in [2.75, 3.05) is 13.1 Å². The molecule has 3 heterocycles. The molecule has 7 nitrogen and oxygen atoms in total. The molecule has 4 rings (SSSR count). The Labute approximate surface area is 176 Å². The average Bonchev–Trinajstić information content (AvgIpc) is 3.34. The SMILES string of the molecule is O=C(N[C@@H](Cc1ccc(F)cc1)C(=O)N1CC[C@@H](O)C1)c1cc2cc(Cl)ncc2[nH]1. The Morgan fingerprint density at radius 3 is 2.80 bits per heavy atom. The van der Waals surface area contributed by atoms with Crippen LogP contribution >= 0.6 is 11.6 Å². The third-order valence-corrected chi connectivity index (χ3v) is 5.35. The van der Waals surface area contributed by atoms with Crippen LogP contribution in [-0.2, 0) is 11.2 Å². The molecule has 156 valence electrons. The number of likely N-dealkylation sites (tertiary alicyclic amines) is 1. The number of hydrogen-bond donors (Lipinski definition) is 3. The molecule has 1 aromatic carbocycles. The lowest BCUT2D eigenvalue weighted by atomic mass is 10.0. The van der Waals surface area contributed by atoms with Gasteiger partial charge in [0.25, 0.3) is 5.91 Å². The molecule has 1 aliphatic heterocycles. The molecule has 0 spiro atoms. The first-order chi connectivity index (χ1) is 14.4. The fourth-order valence-corrected chi connectivity index (χ4v) is 3.75. The van der Waals surface area contributed by atoms with Crippen molar-refractivity contribution in [2.24, 2.45) is 0 Å². The highest BCUT2D eigenvalue weighted by Gasteiger charge is 2.31. The molecule has 2 amide bonds. The van der Waals surface area contributed by atoms with Gasteiger partial charge < -0.3 is 20.3 Å². The summed E-state index contributed by atoms with van der Waals surface area (Å²) in [5, 5.41) is 13.6. The largest absolute Gasteiger partial charge is 0.391 e. The fourth-order valence-electron chi connectivity index (χ4n) is 3.58. The lowest BCUT2D eigenvalue weighted by molar-refractivity contribution is -0.132. The van der Waals surface area contributed by atoms with Gasteiger partial charge in [-0.05, 0) is 36.2 Å². The van der Waals surface area contributed by atoms with E-state index in [2.05, 4.69) is 15.3 Å². The highest BCUT2D eigenvalue weighted by atomic mass is 35.5. The van der Waals surface area contributed by atoms with E-state index in [0.717, 1.165) is 5.39 Å². The van der Waals surface area contributed by atoms with Crippen LogP contribution in [0.15, 0.2) is 42.6 Å². The first kappa shape index (κ1) is 20.3. The highest BCUT2D eigenvalue weighted by molar-refractivity contribution is 6.30. The van der Waals surface area contributed by atoms with Gasteiger partial charge >= 0.3 is 0 Å². The molecule has 0 radical (unpaired) electrons. The normalized spacial score (nSPS) is 17.3. The van der Waals surface area contributed by atoms with Crippen LogP contribution in [0.1, 0.15) is 22.5 Å². The van der Waals surface area contributed by atoms with E-state index in [1.54, 1.807) is 24.3 Å². The van der Waals surface area contributed by atoms with Gasteiger partial charge in [0, 0.05) is 24.9 Å². The molecule has 9 heteroatoms. The highest BCUT2D eigenvalue weighted by Crippen LogP contribution is 2.19. The van der Waals surface area contributed by atoms with Crippen molar-refractivity contribution in [3.05, 3.63) is 64.8 Å². The Morgan fingerprint density at radius 2 is 2.10 bits per heavy atom. The molecule has 0 unspecified atom stereocenters. The monoisotopic (exact) mass is 430 g/mol. The molecular weight excluding hydrogens is 411 g/mol. The summed E-state index contributed by atoms with van der Waals surface area (Å²) in [6, 6.07) is 8.20.